The fraction of sp³-hybridized carbons (Fsp3) is 0.857. The van der Waals surface area contributed by atoms with Crippen molar-refractivity contribution in [2.75, 3.05) is 19.8 Å². The monoisotopic (exact) mass is 480 g/mol. The number of allylic oxidation sites excluding steroid dienone is 2. The van der Waals surface area contributed by atoms with E-state index < -0.39 is 5.79 Å². The molecule has 3 unspecified atom stereocenters. The molecule has 2 fully saturated rings. The van der Waals surface area contributed by atoms with E-state index in [4.69, 9.17) is 14.2 Å². The van der Waals surface area contributed by atoms with Crippen LogP contribution in [0.25, 0.3) is 0 Å². The third-order valence-corrected chi connectivity index (χ3v) is 7.24. The highest BCUT2D eigenvalue weighted by molar-refractivity contribution is 5.84. The normalized spacial score (nSPS) is 24.5. The number of ether oxygens (including phenoxy) is 3. The van der Waals surface area contributed by atoms with Gasteiger partial charge in [0.25, 0.3) is 0 Å². The zero-order valence-corrected chi connectivity index (χ0v) is 21.8. The summed E-state index contributed by atoms with van der Waals surface area (Å²) in [5.74, 6) is -0.273. The van der Waals surface area contributed by atoms with Gasteiger partial charge in [0.05, 0.1) is 19.3 Å². The van der Waals surface area contributed by atoms with Crippen molar-refractivity contribution >= 4 is 11.8 Å². The molecule has 6 nitrogen and oxygen atoms in total. The predicted octanol–water partition coefficient (Wildman–Crippen LogP) is 5.75. The van der Waals surface area contributed by atoms with Crippen molar-refractivity contribution in [1.82, 2.24) is 0 Å². The maximum absolute atomic E-state index is 12.7. The number of hydrogen-bond acceptors (Lipinski definition) is 6. The maximum atomic E-state index is 12.7. The Morgan fingerprint density at radius 2 is 1.85 bits per heavy atom. The number of hydrogen-bond donors (Lipinski definition) is 1. The molecule has 0 aromatic rings. The first kappa shape index (κ1) is 29.0. The van der Waals surface area contributed by atoms with Crippen molar-refractivity contribution < 1.29 is 28.9 Å². The lowest BCUT2D eigenvalue weighted by Gasteiger charge is -2.31. The van der Waals surface area contributed by atoms with Crippen LogP contribution in [0.15, 0.2) is 12.2 Å². The first-order valence-electron chi connectivity index (χ1n) is 13.7. The van der Waals surface area contributed by atoms with Crippen LogP contribution in [0.1, 0.15) is 104 Å². The van der Waals surface area contributed by atoms with Gasteiger partial charge >= 0.3 is 5.97 Å². The summed E-state index contributed by atoms with van der Waals surface area (Å²) in [6.07, 6.45) is 15.8. The standard InChI is InChI=1S/C28H48O6/c1-4-5-6-9-12-16-28(32-18-19-33-28)17-15-24-23(21-29)20-26(30)25(24)13-10-7-8-11-14-27(31)34-22(2)3/h7,10,22-25,29H,4-6,8-9,11-21H2,1-3H3/b10-7+. The molecule has 0 amide bonds. The second-order valence-corrected chi connectivity index (χ2v) is 10.3. The summed E-state index contributed by atoms with van der Waals surface area (Å²) in [5.41, 5.74) is 0. The first-order valence-corrected chi connectivity index (χ1v) is 13.7. The molecule has 2 aliphatic rings. The Balaban J connectivity index is 1.83. The molecular weight excluding hydrogens is 432 g/mol. The van der Waals surface area contributed by atoms with E-state index in [1.165, 1.54) is 25.7 Å². The average molecular weight is 481 g/mol. The van der Waals surface area contributed by atoms with Gasteiger partial charge in [0.2, 0.25) is 0 Å². The lowest BCUT2D eigenvalue weighted by Crippen LogP contribution is -2.32. The molecule has 1 aliphatic carbocycles. The zero-order chi connectivity index (χ0) is 24.8. The summed E-state index contributed by atoms with van der Waals surface area (Å²) in [6.45, 7) is 7.26. The minimum Gasteiger partial charge on any atom is -0.463 e. The molecule has 0 aromatic heterocycles. The summed E-state index contributed by atoms with van der Waals surface area (Å²) in [4.78, 5) is 24.4. The molecule has 6 heteroatoms. The molecule has 2 rings (SSSR count). The Morgan fingerprint density at radius 1 is 1.12 bits per heavy atom. The lowest BCUT2D eigenvalue weighted by atomic mass is 9.82. The number of ketones is 1. The lowest BCUT2D eigenvalue weighted by molar-refractivity contribution is -0.171. The Kier molecular flexibility index (Phi) is 13.4. The second kappa shape index (κ2) is 15.7. The number of esters is 1. The van der Waals surface area contributed by atoms with Crippen LogP contribution in [0.3, 0.4) is 0 Å². The highest BCUT2D eigenvalue weighted by atomic mass is 16.7. The highest BCUT2D eigenvalue weighted by Crippen LogP contribution is 2.42. The van der Waals surface area contributed by atoms with Gasteiger partial charge in [0, 0.05) is 38.2 Å². The summed E-state index contributed by atoms with van der Waals surface area (Å²) in [7, 11) is 0. The molecule has 196 valence electrons. The minimum absolute atomic E-state index is 0.0275. The largest absolute Gasteiger partial charge is 0.463 e. The van der Waals surface area contributed by atoms with Crippen molar-refractivity contribution in [3.63, 3.8) is 0 Å². The number of carbonyl (C=O) groups excluding carboxylic acids is 2. The Labute approximate surface area is 206 Å². The van der Waals surface area contributed by atoms with E-state index in [9.17, 15) is 14.7 Å². The van der Waals surface area contributed by atoms with Crippen LogP contribution in [-0.2, 0) is 23.8 Å². The smallest absolute Gasteiger partial charge is 0.306 e. The second-order valence-electron chi connectivity index (χ2n) is 10.3. The van der Waals surface area contributed by atoms with E-state index in [0.29, 0.717) is 32.5 Å². The average Bonchev–Trinajstić information content (AvgIpc) is 3.38. The van der Waals surface area contributed by atoms with Gasteiger partial charge in [0.15, 0.2) is 5.79 Å². The van der Waals surface area contributed by atoms with Gasteiger partial charge in [-0.1, -0.05) is 44.8 Å². The highest BCUT2D eigenvalue weighted by Gasteiger charge is 2.44. The minimum atomic E-state index is -0.511. The molecule has 1 saturated heterocycles. The topological polar surface area (TPSA) is 82.1 Å². The van der Waals surface area contributed by atoms with E-state index in [0.717, 1.165) is 38.5 Å². The van der Waals surface area contributed by atoms with Gasteiger partial charge in [-0.05, 0) is 57.8 Å². The van der Waals surface area contributed by atoms with E-state index in [1.54, 1.807) is 0 Å². The number of aliphatic hydroxyl groups excluding tert-OH is 1. The van der Waals surface area contributed by atoms with Crippen LogP contribution in [0.2, 0.25) is 0 Å². The first-order chi connectivity index (χ1) is 16.4. The number of carbonyl (C=O) groups is 2. The van der Waals surface area contributed by atoms with Crippen molar-refractivity contribution in [3.05, 3.63) is 12.2 Å². The van der Waals surface area contributed by atoms with Crippen LogP contribution >= 0.6 is 0 Å². The van der Waals surface area contributed by atoms with E-state index in [1.807, 2.05) is 13.8 Å². The summed E-state index contributed by atoms with van der Waals surface area (Å²) >= 11 is 0. The van der Waals surface area contributed by atoms with Crippen molar-refractivity contribution in [2.45, 2.75) is 116 Å². The fourth-order valence-electron chi connectivity index (χ4n) is 5.41. The van der Waals surface area contributed by atoms with Crippen molar-refractivity contribution in [3.8, 4) is 0 Å². The summed E-state index contributed by atoms with van der Waals surface area (Å²) in [6, 6.07) is 0. The Morgan fingerprint density at radius 3 is 2.53 bits per heavy atom. The molecule has 1 N–H and O–H groups in total. The van der Waals surface area contributed by atoms with Gasteiger partial charge in [-0.2, -0.15) is 0 Å². The molecule has 0 radical (unpaired) electrons. The number of Topliss-reactive ketones (excluding diaryl/α,β-unsaturated/α-hetero) is 1. The van der Waals surface area contributed by atoms with Gasteiger partial charge in [-0.3, -0.25) is 9.59 Å². The van der Waals surface area contributed by atoms with Crippen LogP contribution in [-0.4, -0.2) is 48.6 Å². The van der Waals surface area contributed by atoms with Crippen molar-refractivity contribution in [2.24, 2.45) is 17.8 Å². The van der Waals surface area contributed by atoms with E-state index >= 15 is 0 Å². The number of aliphatic hydroxyl groups is 1. The maximum Gasteiger partial charge on any atom is 0.306 e. The summed E-state index contributed by atoms with van der Waals surface area (Å²) in [5, 5.41) is 9.93. The summed E-state index contributed by atoms with van der Waals surface area (Å²) < 4.78 is 17.3. The van der Waals surface area contributed by atoms with Gasteiger partial charge in [0.1, 0.15) is 5.78 Å². The molecule has 1 saturated carbocycles. The Hall–Kier alpha value is -1.24. The molecule has 0 spiro atoms. The van der Waals surface area contributed by atoms with Crippen molar-refractivity contribution in [1.29, 1.82) is 0 Å². The third kappa shape index (κ3) is 9.79. The fourth-order valence-corrected chi connectivity index (χ4v) is 5.41. The zero-order valence-electron chi connectivity index (χ0n) is 21.8. The van der Waals surface area contributed by atoms with Gasteiger partial charge < -0.3 is 19.3 Å². The van der Waals surface area contributed by atoms with Crippen LogP contribution in [0, 0.1) is 17.8 Å². The molecule has 1 aliphatic heterocycles. The van der Waals surface area contributed by atoms with Gasteiger partial charge in [-0.15, -0.1) is 0 Å². The molecule has 34 heavy (non-hydrogen) atoms. The molecule has 3 atom stereocenters. The Bertz CT molecular complexity index is 622. The van der Waals surface area contributed by atoms with E-state index in [2.05, 4.69) is 19.1 Å². The number of rotatable bonds is 17. The molecular formula is C28H48O6. The quantitative estimate of drug-likeness (QED) is 0.162. The molecule has 1 heterocycles. The van der Waals surface area contributed by atoms with E-state index in [-0.39, 0.29) is 42.2 Å². The molecule has 0 bridgehead atoms. The van der Waals surface area contributed by atoms with Gasteiger partial charge in [-0.25, -0.2) is 0 Å². The molecule has 0 aromatic carbocycles. The predicted molar refractivity (Wildman–Crippen MR) is 133 cm³/mol. The number of unbranched alkanes of at least 4 members (excludes halogenated alkanes) is 5. The van der Waals surface area contributed by atoms with Crippen LogP contribution in [0.5, 0.6) is 0 Å². The SMILES string of the molecule is CCCCCCCC1(CCC2C(CO)CC(=O)C2C/C=C/CCCC(=O)OC(C)C)OCCO1. The third-order valence-electron chi connectivity index (χ3n) is 7.24. The van der Waals surface area contributed by atoms with Crippen LogP contribution in [0.4, 0.5) is 0 Å². The van der Waals surface area contributed by atoms with Crippen LogP contribution < -0.4 is 0 Å².